The molecule has 0 radical (unpaired) electrons. The Balaban J connectivity index is 1.02. The molecule has 6 rings (SSSR count). The maximum atomic E-state index is 13.0. The number of ether oxygens (including phenoxy) is 1. The van der Waals surface area contributed by atoms with Gasteiger partial charge in [0.2, 0.25) is 11.8 Å². The molecule has 9 heteroatoms. The molecule has 3 aromatic rings. The van der Waals surface area contributed by atoms with E-state index in [2.05, 4.69) is 34.5 Å². The molecule has 0 spiro atoms. The molecule has 3 aliphatic heterocycles. The zero-order valence-electron chi connectivity index (χ0n) is 22.8. The number of hydrogen-bond acceptors (Lipinski definition) is 6. The van der Waals surface area contributed by atoms with E-state index in [1.807, 2.05) is 41.3 Å². The molecule has 4 amide bonds. The topological polar surface area (TPSA) is 99.3 Å². The van der Waals surface area contributed by atoms with Gasteiger partial charge in [0.15, 0.2) is 0 Å². The van der Waals surface area contributed by atoms with Gasteiger partial charge in [-0.2, -0.15) is 0 Å². The van der Waals surface area contributed by atoms with Crippen LogP contribution in [0.5, 0.6) is 5.75 Å². The van der Waals surface area contributed by atoms with Crippen LogP contribution >= 0.6 is 0 Å². The maximum absolute atomic E-state index is 13.0. The third kappa shape index (κ3) is 5.71. The number of fused-ring (bicyclic) bond motifs is 1. The molecule has 3 aromatic carbocycles. The molecule has 41 heavy (non-hydrogen) atoms. The second-order valence-corrected chi connectivity index (χ2v) is 10.7. The normalized spacial score (nSPS) is 19.2. The van der Waals surface area contributed by atoms with Crippen LogP contribution in [0.15, 0.2) is 72.8 Å². The zero-order valence-corrected chi connectivity index (χ0v) is 22.8. The summed E-state index contributed by atoms with van der Waals surface area (Å²) in [4.78, 5) is 55.5. The number of piperidine rings is 1. The molecule has 9 nitrogen and oxygen atoms in total. The lowest BCUT2D eigenvalue weighted by molar-refractivity contribution is -0.136. The molecule has 0 saturated carbocycles. The fourth-order valence-corrected chi connectivity index (χ4v) is 5.72. The Labute approximate surface area is 238 Å². The molecular formula is C32H32N4O5. The number of rotatable bonds is 7. The summed E-state index contributed by atoms with van der Waals surface area (Å²) < 4.78 is 6.14. The SMILES string of the molecule is O=C1CCC(N2Cc3c(OCc4ccc(CN5CCN(C(=O)c6ccccc6)CC5)cc4)cccc3C2=O)C(=O)N1. The largest absolute Gasteiger partial charge is 0.489 e. The van der Waals surface area contributed by atoms with Gasteiger partial charge in [0.25, 0.3) is 11.8 Å². The van der Waals surface area contributed by atoms with Crippen LogP contribution in [0.3, 0.4) is 0 Å². The van der Waals surface area contributed by atoms with Crippen molar-refractivity contribution in [3.05, 3.63) is 101 Å². The van der Waals surface area contributed by atoms with Gasteiger partial charge in [0, 0.05) is 55.8 Å². The average Bonchev–Trinajstić information content (AvgIpc) is 3.34. The minimum Gasteiger partial charge on any atom is -0.489 e. The van der Waals surface area contributed by atoms with Crippen molar-refractivity contribution in [1.82, 2.24) is 20.0 Å². The molecule has 2 fully saturated rings. The van der Waals surface area contributed by atoms with Crippen molar-refractivity contribution >= 4 is 23.6 Å². The van der Waals surface area contributed by atoms with Gasteiger partial charge < -0.3 is 14.5 Å². The van der Waals surface area contributed by atoms with Gasteiger partial charge in [0.1, 0.15) is 18.4 Å². The fraction of sp³-hybridized carbons (Fsp3) is 0.312. The number of piperazine rings is 1. The van der Waals surface area contributed by atoms with E-state index in [9.17, 15) is 19.2 Å². The molecule has 2 saturated heterocycles. The highest BCUT2D eigenvalue weighted by Gasteiger charge is 2.40. The minimum atomic E-state index is -0.652. The highest BCUT2D eigenvalue weighted by Crippen LogP contribution is 2.34. The Bertz CT molecular complexity index is 1470. The van der Waals surface area contributed by atoms with Crippen LogP contribution in [-0.4, -0.2) is 70.5 Å². The van der Waals surface area contributed by atoms with Crippen molar-refractivity contribution in [3.63, 3.8) is 0 Å². The summed E-state index contributed by atoms with van der Waals surface area (Å²) in [5.74, 6) is -0.227. The Morgan fingerprint density at radius 2 is 1.59 bits per heavy atom. The molecule has 0 aromatic heterocycles. The number of carbonyl (C=O) groups excluding carboxylic acids is 4. The summed E-state index contributed by atoms with van der Waals surface area (Å²) in [5, 5.41) is 2.34. The van der Waals surface area contributed by atoms with Gasteiger partial charge in [-0.15, -0.1) is 0 Å². The molecule has 1 N–H and O–H groups in total. The number of nitrogens with zero attached hydrogens (tertiary/aromatic N) is 3. The first-order valence-corrected chi connectivity index (χ1v) is 14.0. The van der Waals surface area contributed by atoms with Crippen LogP contribution in [0.4, 0.5) is 0 Å². The predicted octanol–water partition coefficient (Wildman–Crippen LogP) is 2.98. The highest BCUT2D eigenvalue weighted by molar-refractivity contribution is 6.05. The molecule has 1 atom stereocenters. The van der Waals surface area contributed by atoms with Crippen molar-refractivity contribution in [2.24, 2.45) is 0 Å². The molecule has 3 aliphatic rings. The summed E-state index contributed by atoms with van der Waals surface area (Å²) in [5.41, 5.74) is 4.24. The smallest absolute Gasteiger partial charge is 0.255 e. The van der Waals surface area contributed by atoms with Gasteiger partial charge in [-0.1, -0.05) is 48.5 Å². The van der Waals surface area contributed by atoms with Crippen molar-refractivity contribution in [3.8, 4) is 5.75 Å². The van der Waals surface area contributed by atoms with Crippen LogP contribution in [0.25, 0.3) is 0 Å². The van der Waals surface area contributed by atoms with E-state index >= 15 is 0 Å². The monoisotopic (exact) mass is 552 g/mol. The second-order valence-electron chi connectivity index (χ2n) is 10.7. The third-order valence-corrected chi connectivity index (χ3v) is 8.04. The summed E-state index contributed by atoms with van der Waals surface area (Å²) in [6.07, 6.45) is 0.550. The van der Waals surface area contributed by atoms with Crippen LogP contribution in [0.2, 0.25) is 0 Å². The fourth-order valence-electron chi connectivity index (χ4n) is 5.72. The number of hydrogen-bond donors (Lipinski definition) is 1. The van der Waals surface area contributed by atoms with Crippen molar-refractivity contribution in [2.75, 3.05) is 26.2 Å². The first-order chi connectivity index (χ1) is 20.0. The lowest BCUT2D eigenvalue weighted by Gasteiger charge is -2.34. The molecular weight excluding hydrogens is 520 g/mol. The molecule has 3 heterocycles. The van der Waals surface area contributed by atoms with E-state index in [4.69, 9.17) is 4.74 Å². The van der Waals surface area contributed by atoms with E-state index in [1.54, 1.807) is 12.1 Å². The Hall–Kier alpha value is -4.50. The summed E-state index contributed by atoms with van der Waals surface area (Å²) in [7, 11) is 0. The van der Waals surface area contributed by atoms with E-state index in [0.717, 1.165) is 36.3 Å². The van der Waals surface area contributed by atoms with Crippen LogP contribution in [0, 0.1) is 0 Å². The van der Waals surface area contributed by atoms with E-state index in [-0.39, 0.29) is 30.7 Å². The molecule has 1 unspecified atom stereocenters. The second kappa shape index (κ2) is 11.5. The number of imide groups is 1. The van der Waals surface area contributed by atoms with Crippen LogP contribution in [0.1, 0.15) is 50.2 Å². The predicted molar refractivity (Wildman–Crippen MR) is 151 cm³/mol. The number of amides is 4. The van der Waals surface area contributed by atoms with E-state index in [0.29, 0.717) is 37.4 Å². The average molecular weight is 553 g/mol. The summed E-state index contributed by atoms with van der Waals surface area (Å²) in [6.45, 7) is 4.53. The molecule has 0 bridgehead atoms. The Morgan fingerprint density at radius 3 is 2.32 bits per heavy atom. The van der Waals surface area contributed by atoms with Gasteiger partial charge in [-0.25, -0.2) is 0 Å². The first-order valence-electron chi connectivity index (χ1n) is 14.0. The summed E-state index contributed by atoms with van der Waals surface area (Å²) >= 11 is 0. The Kier molecular flexibility index (Phi) is 7.52. The van der Waals surface area contributed by atoms with Crippen LogP contribution < -0.4 is 10.1 Å². The van der Waals surface area contributed by atoms with E-state index < -0.39 is 11.9 Å². The summed E-state index contributed by atoms with van der Waals surface area (Å²) in [6, 6.07) is 22.5. The van der Waals surface area contributed by atoms with Crippen LogP contribution in [-0.2, 0) is 29.3 Å². The Morgan fingerprint density at radius 1 is 0.854 bits per heavy atom. The minimum absolute atomic E-state index is 0.0895. The molecule has 0 aliphatic carbocycles. The lowest BCUT2D eigenvalue weighted by atomic mass is 10.0. The van der Waals surface area contributed by atoms with Crippen molar-refractivity contribution in [2.45, 2.75) is 38.6 Å². The number of benzene rings is 3. The van der Waals surface area contributed by atoms with Gasteiger partial charge in [0.05, 0.1) is 6.54 Å². The lowest BCUT2D eigenvalue weighted by Crippen LogP contribution is -2.52. The van der Waals surface area contributed by atoms with Gasteiger partial charge in [-0.3, -0.25) is 29.4 Å². The third-order valence-electron chi connectivity index (χ3n) is 8.04. The highest BCUT2D eigenvalue weighted by atomic mass is 16.5. The van der Waals surface area contributed by atoms with Crippen molar-refractivity contribution in [1.29, 1.82) is 0 Å². The zero-order chi connectivity index (χ0) is 28.3. The number of carbonyl (C=O) groups is 4. The van der Waals surface area contributed by atoms with Crippen molar-refractivity contribution < 1.29 is 23.9 Å². The van der Waals surface area contributed by atoms with E-state index in [1.165, 1.54) is 10.5 Å². The standard InChI is InChI=1S/C32H32N4O5/c37-29-14-13-27(30(38)33-29)36-20-26-25(32(36)40)7-4-8-28(26)41-21-23-11-9-22(10-12-23)19-34-15-17-35(18-16-34)31(39)24-5-2-1-3-6-24/h1-12,27H,13-21H2,(H,33,37,38). The van der Waals surface area contributed by atoms with Gasteiger partial charge in [-0.05, 0) is 41.8 Å². The number of nitrogens with one attached hydrogen (secondary N) is 1. The maximum Gasteiger partial charge on any atom is 0.255 e. The van der Waals surface area contributed by atoms with Gasteiger partial charge >= 0.3 is 0 Å². The quantitative estimate of drug-likeness (QED) is 0.453. The molecule has 210 valence electrons. The first kappa shape index (κ1) is 26.7.